The molecule has 2 fully saturated rings. The molecule has 2 aliphatic rings. The van der Waals surface area contributed by atoms with Crippen LogP contribution in [-0.4, -0.2) is 43.3 Å². The third-order valence-corrected chi connectivity index (χ3v) is 4.80. The summed E-state index contributed by atoms with van der Waals surface area (Å²) in [6, 6.07) is 0.795. The summed E-state index contributed by atoms with van der Waals surface area (Å²) in [4.78, 5) is 2.71. The second-order valence-corrected chi connectivity index (χ2v) is 6.11. The van der Waals surface area contributed by atoms with Gasteiger partial charge >= 0.3 is 0 Å². The fourth-order valence-corrected chi connectivity index (χ4v) is 3.55. The molecule has 0 aromatic carbocycles. The van der Waals surface area contributed by atoms with E-state index < -0.39 is 0 Å². The first-order chi connectivity index (χ1) is 8.82. The zero-order chi connectivity index (χ0) is 12.8. The highest BCUT2D eigenvalue weighted by Gasteiger charge is 2.42. The molecule has 0 saturated heterocycles. The zero-order valence-electron chi connectivity index (χ0n) is 12.0. The lowest BCUT2D eigenvalue weighted by Gasteiger charge is -2.45. The molecule has 18 heavy (non-hydrogen) atoms. The normalized spacial score (nSPS) is 24.8. The molecular formula is C15H30N2O. The Hall–Kier alpha value is -0.120. The van der Waals surface area contributed by atoms with Crippen molar-refractivity contribution in [2.75, 3.05) is 26.8 Å². The van der Waals surface area contributed by atoms with Gasteiger partial charge in [0.2, 0.25) is 0 Å². The summed E-state index contributed by atoms with van der Waals surface area (Å²) in [7, 11) is 1.80. The second-order valence-electron chi connectivity index (χ2n) is 6.11. The minimum Gasteiger partial charge on any atom is -0.383 e. The van der Waals surface area contributed by atoms with Crippen LogP contribution in [0.3, 0.4) is 0 Å². The molecule has 0 aromatic rings. The van der Waals surface area contributed by atoms with Gasteiger partial charge in [-0.15, -0.1) is 0 Å². The predicted molar refractivity (Wildman–Crippen MR) is 75.7 cm³/mol. The Bertz CT molecular complexity index is 233. The van der Waals surface area contributed by atoms with Crippen LogP contribution in [0.2, 0.25) is 0 Å². The van der Waals surface area contributed by atoms with Gasteiger partial charge in [-0.05, 0) is 25.7 Å². The van der Waals surface area contributed by atoms with Gasteiger partial charge in [0.1, 0.15) is 0 Å². The van der Waals surface area contributed by atoms with E-state index in [1.807, 2.05) is 0 Å². The van der Waals surface area contributed by atoms with Crippen LogP contribution in [0.1, 0.15) is 57.8 Å². The minimum atomic E-state index is 0.278. The van der Waals surface area contributed by atoms with Crippen LogP contribution < -0.4 is 5.73 Å². The van der Waals surface area contributed by atoms with Crippen LogP contribution >= 0.6 is 0 Å². The van der Waals surface area contributed by atoms with Gasteiger partial charge in [0.25, 0.3) is 0 Å². The summed E-state index contributed by atoms with van der Waals surface area (Å²) in [5, 5.41) is 0. The van der Waals surface area contributed by atoms with Crippen LogP contribution in [0.15, 0.2) is 0 Å². The third-order valence-electron chi connectivity index (χ3n) is 4.80. The molecule has 3 heteroatoms. The van der Waals surface area contributed by atoms with Crippen molar-refractivity contribution in [1.29, 1.82) is 0 Å². The third kappa shape index (κ3) is 3.46. The summed E-state index contributed by atoms with van der Waals surface area (Å²) in [5.74, 6) is 0. The highest BCUT2D eigenvalue weighted by atomic mass is 16.5. The van der Waals surface area contributed by atoms with Gasteiger partial charge in [0.05, 0.1) is 6.61 Å². The second kappa shape index (κ2) is 6.88. The number of methoxy groups -OCH3 is 1. The molecule has 2 N–H and O–H groups in total. The van der Waals surface area contributed by atoms with Crippen LogP contribution in [0.4, 0.5) is 0 Å². The Balaban J connectivity index is 2.04. The Kier molecular flexibility index (Phi) is 5.46. The van der Waals surface area contributed by atoms with E-state index >= 15 is 0 Å². The molecule has 3 nitrogen and oxygen atoms in total. The van der Waals surface area contributed by atoms with E-state index in [-0.39, 0.29) is 5.54 Å². The smallest absolute Gasteiger partial charge is 0.0590 e. The summed E-state index contributed by atoms with van der Waals surface area (Å²) < 4.78 is 5.30. The SMILES string of the molecule is COCCN(C1CC1)C1(CN)CCCCCCC1. The molecule has 2 saturated carbocycles. The number of nitrogens with two attached hydrogens (primary N) is 1. The Morgan fingerprint density at radius 2 is 1.72 bits per heavy atom. The monoisotopic (exact) mass is 254 g/mol. The zero-order valence-corrected chi connectivity index (χ0v) is 12.0. The van der Waals surface area contributed by atoms with Gasteiger partial charge < -0.3 is 10.5 Å². The molecule has 2 rings (SSSR count). The van der Waals surface area contributed by atoms with E-state index in [0.717, 1.165) is 25.7 Å². The molecular weight excluding hydrogens is 224 g/mol. The molecule has 0 bridgehead atoms. The van der Waals surface area contributed by atoms with Crippen molar-refractivity contribution in [2.24, 2.45) is 5.73 Å². The van der Waals surface area contributed by atoms with Crippen LogP contribution in [0.5, 0.6) is 0 Å². The number of hydrogen-bond acceptors (Lipinski definition) is 3. The average molecular weight is 254 g/mol. The van der Waals surface area contributed by atoms with Crippen molar-refractivity contribution in [3.8, 4) is 0 Å². The van der Waals surface area contributed by atoms with E-state index in [0.29, 0.717) is 0 Å². The summed E-state index contributed by atoms with van der Waals surface area (Å²) in [5.41, 5.74) is 6.49. The quantitative estimate of drug-likeness (QED) is 0.791. The van der Waals surface area contributed by atoms with Crippen molar-refractivity contribution < 1.29 is 4.74 Å². The first kappa shape index (κ1) is 14.3. The van der Waals surface area contributed by atoms with Crippen LogP contribution in [0, 0.1) is 0 Å². The largest absolute Gasteiger partial charge is 0.383 e. The topological polar surface area (TPSA) is 38.5 Å². The molecule has 0 amide bonds. The van der Waals surface area contributed by atoms with Gasteiger partial charge in [-0.3, -0.25) is 4.90 Å². The lowest BCUT2D eigenvalue weighted by Crippen LogP contribution is -2.56. The molecule has 0 atom stereocenters. The first-order valence-electron chi connectivity index (χ1n) is 7.78. The van der Waals surface area contributed by atoms with E-state index in [9.17, 15) is 0 Å². The van der Waals surface area contributed by atoms with Crippen molar-refractivity contribution in [1.82, 2.24) is 4.90 Å². The molecule has 106 valence electrons. The maximum absolute atomic E-state index is 6.21. The Morgan fingerprint density at radius 3 is 2.22 bits per heavy atom. The van der Waals surface area contributed by atoms with Gasteiger partial charge in [-0.25, -0.2) is 0 Å². The summed E-state index contributed by atoms with van der Waals surface area (Å²) >= 11 is 0. The fraction of sp³-hybridized carbons (Fsp3) is 1.00. The average Bonchev–Trinajstić information content (AvgIpc) is 3.16. The molecule has 0 spiro atoms. The van der Waals surface area contributed by atoms with E-state index in [1.165, 1.54) is 57.8 Å². The molecule has 0 heterocycles. The Labute approximate surface area is 112 Å². The molecule has 0 radical (unpaired) electrons. The van der Waals surface area contributed by atoms with Crippen molar-refractivity contribution in [3.63, 3.8) is 0 Å². The van der Waals surface area contributed by atoms with Gasteiger partial charge in [-0.2, -0.15) is 0 Å². The van der Waals surface area contributed by atoms with Crippen LogP contribution in [0.25, 0.3) is 0 Å². The number of rotatable bonds is 6. The highest BCUT2D eigenvalue weighted by molar-refractivity contribution is 4.99. The number of ether oxygens (including phenoxy) is 1. The molecule has 0 aliphatic heterocycles. The van der Waals surface area contributed by atoms with Gasteiger partial charge in [-0.1, -0.05) is 32.1 Å². The van der Waals surface area contributed by atoms with E-state index in [4.69, 9.17) is 10.5 Å². The minimum absolute atomic E-state index is 0.278. The number of hydrogen-bond donors (Lipinski definition) is 1. The molecule has 2 aliphatic carbocycles. The standard InChI is InChI=1S/C15H30N2O/c1-18-12-11-17(14-7-8-14)15(13-16)9-5-3-2-4-6-10-15/h14H,2-13,16H2,1H3. The fourth-order valence-electron chi connectivity index (χ4n) is 3.55. The van der Waals surface area contributed by atoms with Crippen LogP contribution in [-0.2, 0) is 4.74 Å². The summed E-state index contributed by atoms with van der Waals surface area (Å²) in [6.07, 6.45) is 12.2. The first-order valence-corrected chi connectivity index (χ1v) is 7.78. The highest BCUT2D eigenvalue weighted by Crippen LogP contribution is 2.38. The maximum atomic E-state index is 6.21. The van der Waals surface area contributed by atoms with Crippen molar-refractivity contribution in [2.45, 2.75) is 69.4 Å². The molecule has 0 unspecified atom stereocenters. The lowest BCUT2D eigenvalue weighted by atomic mass is 9.82. The summed E-state index contributed by atoms with van der Waals surface area (Å²) in [6.45, 7) is 2.74. The van der Waals surface area contributed by atoms with E-state index in [2.05, 4.69) is 4.90 Å². The van der Waals surface area contributed by atoms with Gasteiger partial charge in [0, 0.05) is 31.8 Å². The predicted octanol–water partition coefficient (Wildman–Crippen LogP) is 2.54. The lowest BCUT2D eigenvalue weighted by molar-refractivity contribution is 0.0338. The number of nitrogens with zero attached hydrogens (tertiary/aromatic N) is 1. The van der Waals surface area contributed by atoms with E-state index in [1.54, 1.807) is 7.11 Å². The maximum Gasteiger partial charge on any atom is 0.0590 e. The van der Waals surface area contributed by atoms with Crippen molar-refractivity contribution >= 4 is 0 Å². The molecule has 0 aromatic heterocycles. The van der Waals surface area contributed by atoms with Gasteiger partial charge in [0.15, 0.2) is 0 Å². The Morgan fingerprint density at radius 1 is 1.11 bits per heavy atom. The van der Waals surface area contributed by atoms with Crippen molar-refractivity contribution in [3.05, 3.63) is 0 Å².